The summed E-state index contributed by atoms with van der Waals surface area (Å²) < 4.78 is 5.97. The lowest BCUT2D eigenvalue weighted by Gasteiger charge is -2.34. The molecule has 2 saturated heterocycles. The number of cyclic esters (lactones) is 1. The first kappa shape index (κ1) is 91.7. The Morgan fingerprint density at radius 2 is 1.15 bits per heavy atom. The summed E-state index contributed by atoms with van der Waals surface area (Å²) in [7, 11) is 0. The highest BCUT2D eigenvalue weighted by atomic mass is 16.5. The van der Waals surface area contributed by atoms with Crippen molar-refractivity contribution in [2.75, 3.05) is 13.1 Å². The molecular formula is C76H126N14O16. The van der Waals surface area contributed by atoms with E-state index in [0.717, 1.165) is 6.42 Å². The third-order valence-electron chi connectivity index (χ3n) is 19.5. The molecule has 1 aromatic carbocycles. The molecule has 1 aromatic rings. The molecule has 30 nitrogen and oxygen atoms in total. The van der Waals surface area contributed by atoms with E-state index in [2.05, 4.69) is 63.8 Å². The summed E-state index contributed by atoms with van der Waals surface area (Å²) in [4.78, 5) is 202. The quantitative estimate of drug-likeness (QED) is 0.0267. The number of unbranched alkanes of at least 4 members (excludes halogenated alkanes) is 1. The predicted molar refractivity (Wildman–Crippen MR) is 400 cm³/mol. The lowest BCUT2D eigenvalue weighted by molar-refractivity contribution is -0.157. The van der Waals surface area contributed by atoms with Crippen LogP contribution >= 0.6 is 0 Å². The summed E-state index contributed by atoms with van der Waals surface area (Å²) in [6.07, 6.45) is 1.64. The van der Waals surface area contributed by atoms with Gasteiger partial charge in [0.05, 0.1) is 6.10 Å². The van der Waals surface area contributed by atoms with Crippen LogP contribution in [0.2, 0.25) is 0 Å². The van der Waals surface area contributed by atoms with E-state index >= 15 is 9.59 Å². The van der Waals surface area contributed by atoms with Crippen LogP contribution in [0.4, 0.5) is 0 Å². The molecule has 2 fully saturated rings. The van der Waals surface area contributed by atoms with Gasteiger partial charge in [0.1, 0.15) is 84.3 Å². The fourth-order valence-corrected chi connectivity index (χ4v) is 12.3. The molecule has 0 radical (unpaired) electrons. The summed E-state index contributed by atoms with van der Waals surface area (Å²) in [5.74, 6) is -15.0. The van der Waals surface area contributed by atoms with Crippen molar-refractivity contribution in [2.45, 2.75) is 287 Å². The van der Waals surface area contributed by atoms with Crippen molar-refractivity contribution in [3.8, 4) is 0 Å². The van der Waals surface area contributed by atoms with Gasteiger partial charge < -0.3 is 84.3 Å². The molecule has 0 bridgehead atoms. The molecule has 16 atom stereocenters. The highest BCUT2D eigenvalue weighted by molar-refractivity contribution is 6.03. The van der Waals surface area contributed by atoms with Crippen LogP contribution in [-0.4, -0.2) is 191 Å². The molecule has 596 valence electrons. The highest BCUT2D eigenvalue weighted by Crippen LogP contribution is 2.23. The van der Waals surface area contributed by atoms with Gasteiger partial charge in [-0.1, -0.05) is 166 Å². The van der Waals surface area contributed by atoms with Crippen molar-refractivity contribution in [1.29, 1.82) is 0 Å². The number of amides is 13. The van der Waals surface area contributed by atoms with E-state index in [9.17, 15) is 62.6 Å². The topological polar surface area (TPSA) is 442 Å². The van der Waals surface area contributed by atoms with Crippen molar-refractivity contribution in [3.63, 3.8) is 0 Å². The van der Waals surface area contributed by atoms with Crippen molar-refractivity contribution in [2.24, 2.45) is 53.1 Å². The molecule has 2 aliphatic heterocycles. The van der Waals surface area contributed by atoms with E-state index in [-0.39, 0.29) is 56.8 Å². The number of nitrogens with two attached hydrogens (primary N) is 1. The second kappa shape index (κ2) is 44.6. The lowest BCUT2D eigenvalue weighted by Crippen LogP contribution is -2.64. The SMILES string of the molecule is C/C=C1\NC(=O)[C@H](Cc2ccccc2)NC(=O)[C@@H](C(C)C)NC(=O)[C@@H]([C@@H](C)CC)NC(=O)[C@H](NC(=O)[C@H](NC(=O)[C@H](CCCCN)NC(=O)[C@H]2CCCN2C(=O)[C@H](NC(=O)[C@@H](NC(=O)[C@@H](NC(=O)[C@H](NC(=O)CCCC(C)C)C(C)C)[C@@H](C)O)C(C)C)C(C)C)[C@@H](C)CC)[C@@H](C)OC(=O)[C@H](C(C)C)NC1=O. The van der Waals surface area contributed by atoms with Gasteiger partial charge >= 0.3 is 5.97 Å². The Kier molecular flexibility index (Phi) is 38.5. The van der Waals surface area contributed by atoms with Crippen molar-refractivity contribution in [3.05, 3.63) is 47.7 Å². The normalized spacial score (nSPS) is 22.5. The molecule has 0 aliphatic carbocycles. The number of hydrogen-bond donors (Lipinski definition) is 14. The molecule has 106 heavy (non-hydrogen) atoms. The zero-order valence-electron chi connectivity index (χ0n) is 66.0. The predicted octanol–water partition coefficient (Wildman–Crippen LogP) is 2.23. The highest BCUT2D eigenvalue weighted by Gasteiger charge is 2.44. The maximum Gasteiger partial charge on any atom is 0.329 e. The number of likely N-dealkylation sites (tertiary alicyclic amines) is 1. The van der Waals surface area contributed by atoms with E-state index in [4.69, 9.17) is 10.5 Å². The Balaban J connectivity index is 2.02. The van der Waals surface area contributed by atoms with Crippen LogP contribution in [-0.2, 0) is 78.3 Å². The number of carbonyl (C=O) groups excluding carboxylic acids is 14. The van der Waals surface area contributed by atoms with E-state index in [1.54, 1.807) is 127 Å². The number of rotatable bonds is 34. The number of benzene rings is 1. The summed E-state index contributed by atoms with van der Waals surface area (Å²) in [5.41, 5.74) is 6.28. The maximum atomic E-state index is 15.1. The van der Waals surface area contributed by atoms with E-state index < -0.39 is 203 Å². The number of esters is 1. The second-order valence-corrected chi connectivity index (χ2v) is 30.5. The standard InChI is InChI=1S/C76H126N14O16/c1-20-45(16)60(72(101)89-63-48(19)106-76(105)59(44(14)15)85-64(93)50(22-3)78-66(95)52(38-49-31-24-23-25-32-49)80-68(97)56(41(8)9)82-71(100)61(46(17)21-2)87-74(63)103)86-65(94)51(33-26-27-36-77)79-67(96)53-34-29-37-90(53)75(104)58(43(12)13)84-70(99)57(42(10)11)83-73(102)62(47(18)91)88-69(98)55(40(6)7)81-54(92)35-28-30-39(4)5/h22-25,31-32,39-48,51-53,55-63,91H,20-21,26-30,33-38,77H2,1-19H3,(H,78,95)(H,79,96)(H,80,97)(H,81,92)(H,82,100)(H,83,102)(H,84,99)(H,85,93)(H,86,94)(H,87,103)(H,88,98)(H,89,101)/b50-22-/t45-,46-,47+,48+,51-,52-,53+,55+,56+,57-,58+,59-,60+,61+,62-,63+/m0/s1. The molecule has 0 unspecified atom stereocenters. The molecule has 2 heterocycles. The lowest BCUT2D eigenvalue weighted by atomic mass is 9.95. The minimum atomic E-state index is -1.82. The average molecular weight is 1490 g/mol. The molecular weight excluding hydrogens is 1360 g/mol. The van der Waals surface area contributed by atoms with Crippen LogP contribution in [0, 0.1) is 47.3 Å². The smallest absolute Gasteiger partial charge is 0.329 e. The van der Waals surface area contributed by atoms with Gasteiger partial charge in [0.15, 0.2) is 0 Å². The third-order valence-corrected chi connectivity index (χ3v) is 19.5. The minimum absolute atomic E-state index is 0.00442. The van der Waals surface area contributed by atoms with Crippen molar-refractivity contribution in [1.82, 2.24) is 68.7 Å². The third kappa shape index (κ3) is 28.0. The van der Waals surface area contributed by atoms with Crippen LogP contribution in [0.3, 0.4) is 0 Å². The second-order valence-electron chi connectivity index (χ2n) is 30.5. The number of allylic oxidation sites excluding steroid dienone is 1. The van der Waals surface area contributed by atoms with Gasteiger partial charge in [0.25, 0.3) is 5.91 Å². The van der Waals surface area contributed by atoms with Gasteiger partial charge in [-0.2, -0.15) is 0 Å². The largest absolute Gasteiger partial charge is 0.458 e. The molecule has 2 aliphatic rings. The van der Waals surface area contributed by atoms with Crippen LogP contribution in [0.5, 0.6) is 0 Å². The Hall–Kier alpha value is -8.54. The van der Waals surface area contributed by atoms with Crippen LogP contribution in [0.15, 0.2) is 42.1 Å². The number of nitrogens with one attached hydrogen (secondary N) is 12. The number of hydrogen-bond acceptors (Lipinski definition) is 17. The summed E-state index contributed by atoms with van der Waals surface area (Å²) in [6, 6.07) is -7.62. The molecule has 3 rings (SSSR count). The van der Waals surface area contributed by atoms with Gasteiger partial charge in [-0.3, -0.25) is 62.3 Å². The van der Waals surface area contributed by atoms with Gasteiger partial charge in [-0.25, -0.2) is 4.79 Å². The molecule has 0 spiro atoms. The molecule has 30 heteroatoms. The van der Waals surface area contributed by atoms with Crippen molar-refractivity contribution >= 4 is 82.8 Å². The fourth-order valence-electron chi connectivity index (χ4n) is 12.3. The fraction of sp³-hybridized carbons (Fsp3) is 0.711. The van der Waals surface area contributed by atoms with Gasteiger partial charge in [-0.15, -0.1) is 0 Å². The van der Waals surface area contributed by atoms with Crippen LogP contribution in [0.1, 0.15) is 201 Å². The summed E-state index contributed by atoms with van der Waals surface area (Å²) >= 11 is 0. The zero-order chi connectivity index (χ0) is 80.1. The first-order chi connectivity index (χ1) is 49.7. The van der Waals surface area contributed by atoms with Crippen LogP contribution < -0.4 is 69.5 Å². The summed E-state index contributed by atoms with van der Waals surface area (Å²) in [5, 5.41) is 43.3. The minimum Gasteiger partial charge on any atom is -0.458 e. The average Bonchev–Trinajstić information content (AvgIpc) is 1.48. The summed E-state index contributed by atoms with van der Waals surface area (Å²) in [6.45, 7) is 32.0. The molecule has 0 saturated carbocycles. The maximum absolute atomic E-state index is 15.1. The van der Waals surface area contributed by atoms with E-state index in [0.29, 0.717) is 43.6 Å². The Labute approximate surface area is 626 Å². The zero-order valence-corrected chi connectivity index (χ0v) is 66.0. The number of nitrogens with zero attached hydrogens (tertiary/aromatic N) is 1. The monoisotopic (exact) mass is 1490 g/mol. The Morgan fingerprint density at radius 3 is 1.69 bits per heavy atom. The number of aliphatic hydroxyl groups is 1. The number of carbonyl (C=O) groups is 14. The first-order valence-corrected chi connectivity index (χ1v) is 38.0. The van der Waals surface area contributed by atoms with E-state index in [1.165, 1.54) is 31.7 Å². The number of ether oxygens (including phenoxy) is 1. The molecule has 0 aromatic heterocycles. The Morgan fingerprint density at radius 1 is 0.604 bits per heavy atom. The number of aliphatic hydroxyl groups excluding tert-OH is 1. The first-order valence-electron chi connectivity index (χ1n) is 38.0. The van der Waals surface area contributed by atoms with Gasteiger partial charge in [0, 0.05) is 19.4 Å². The van der Waals surface area contributed by atoms with Crippen LogP contribution in [0.25, 0.3) is 0 Å². The molecule has 15 N–H and O–H groups in total. The van der Waals surface area contributed by atoms with Gasteiger partial charge in [-0.05, 0) is 119 Å². The van der Waals surface area contributed by atoms with Gasteiger partial charge in [0.2, 0.25) is 70.9 Å². The molecule has 13 amide bonds. The van der Waals surface area contributed by atoms with Crippen molar-refractivity contribution < 1.29 is 77.0 Å². The van der Waals surface area contributed by atoms with E-state index in [1.807, 2.05) is 13.8 Å². The Bertz CT molecular complexity index is 3180.